The molecule has 1 heteroatoms. The molecule has 0 amide bonds. The van der Waals surface area contributed by atoms with Crippen molar-refractivity contribution in [1.29, 1.82) is 0 Å². The molecule has 0 bridgehead atoms. The summed E-state index contributed by atoms with van der Waals surface area (Å²) in [5.74, 6) is 1.19. The molecule has 0 aromatic carbocycles. The van der Waals surface area contributed by atoms with Gasteiger partial charge in [0.1, 0.15) is 0 Å². The van der Waals surface area contributed by atoms with Gasteiger partial charge in [0.05, 0.1) is 6.10 Å². The number of aliphatic hydroxyl groups excluding tert-OH is 1. The summed E-state index contributed by atoms with van der Waals surface area (Å²) >= 11 is 0. The molecule has 0 rings (SSSR count). The van der Waals surface area contributed by atoms with Gasteiger partial charge in [0, 0.05) is 0 Å². The Morgan fingerprint density at radius 3 is 2.21 bits per heavy atom. The van der Waals surface area contributed by atoms with Crippen molar-refractivity contribution in [1.82, 2.24) is 0 Å². The first-order valence-electron chi connectivity index (χ1n) is 5.45. The van der Waals surface area contributed by atoms with Crippen molar-refractivity contribution in [2.45, 2.75) is 46.6 Å². The number of rotatable bonds is 6. The van der Waals surface area contributed by atoms with E-state index in [1.165, 1.54) is 0 Å². The standard InChI is InChI=1S/C13H24O/c1-10(2)6-8-13(11(3)4)9-7-12(5)14/h6,8,11-14H,1,7,9H2,2-5H3/b8-6+/t12?,13-/m0/s1. The Bertz CT molecular complexity index is 189. The van der Waals surface area contributed by atoms with Crippen molar-refractivity contribution in [3.8, 4) is 0 Å². The Labute approximate surface area is 88.5 Å². The first-order valence-corrected chi connectivity index (χ1v) is 5.45. The number of allylic oxidation sites excluding steroid dienone is 3. The minimum Gasteiger partial charge on any atom is -0.393 e. The fraction of sp³-hybridized carbons (Fsp3) is 0.692. The van der Waals surface area contributed by atoms with E-state index in [0.29, 0.717) is 11.8 Å². The van der Waals surface area contributed by atoms with Gasteiger partial charge in [0.25, 0.3) is 0 Å². The van der Waals surface area contributed by atoms with E-state index in [2.05, 4.69) is 32.6 Å². The molecule has 0 fully saturated rings. The molecule has 0 aliphatic carbocycles. The molecule has 82 valence electrons. The van der Waals surface area contributed by atoms with E-state index in [1.54, 1.807) is 0 Å². The maximum absolute atomic E-state index is 9.22. The van der Waals surface area contributed by atoms with Crippen LogP contribution in [0.15, 0.2) is 24.3 Å². The lowest BCUT2D eigenvalue weighted by Crippen LogP contribution is -2.09. The second-order valence-electron chi connectivity index (χ2n) is 4.54. The fourth-order valence-electron chi connectivity index (χ4n) is 1.37. The molecule has 0 heterocycles. The monoisotopic (exact) mass is 196 g/mol. The van der Waals surface area contributed by atoms with Gasteiger partial charge >= 0.3 is 0 Å². The van der Waals surface area contributed by atoms with Gasteiger partial charge in [0.2, 0.25) is 0 Å². The molecule has 1 N–H and O–H groups in total. The first kappa shape index (κ1) is 13.4. The first-order chi connectivity index (χ1) is 6.43. The van der Waals surface area contributed by atoms with Crippen LogP contribution in [0.3, 0.4) is 0 Å². The SMILES string of the molecule is C=C(C)/C=C/[C@@H](CCC(C)O)C(C)C. The topological polar surface area (TPSA) is 20.2 Å². The Hall–Kier alpha value is -0.560. The maximum atomic E-state index is 9.22. The molecule has 1 unspecified atom stereocenters. The second kappa shape index (κ2) is 6.83. The molecule has 0 spiro atoms. The molecule has 2 atom stereocenters. The highest BCUT2D eigenvalue weighted by Gasteiger charge is 2.10. The summed E-state index contributed by atoms with van der Waals surface area (Å²) in [6.07, 6.45) is 6.04. The molecule has 0 aromatic rings. The highest BCUT2D eigenvalue weighted by molar-refractivity contribution is 5.12. The summed E-state index contributed by atoms with van der Waals surface area (Å²) in [7, 11) is 0. The third-order valence-electron chi connectivity index (χ3n) is 2.40. The van der Waals surface area contributed by atoms with Crippen LogP contribution in [0.2, 0.25) is 0 Å². The summed E-state index contributed by atoms with van der Waals surface area (Å²) in [6.45, 7) is 12.1. The average molecular weight is 196 g/mol. The Kier molecular flexibility index (Phi) is 6.56. The lowest BCUT2D eigenvalue weighted by Gasteiger charge is -2.17. The Morgan fingerprint density at radius 1 is 1.29 bits per heavy atom. The summed E-state index contributed by atoms with van der Waals surface area (Å²) in [6, 6.07) is 0. The zero-order valence-corrected chi connectivity index (χ0v) is 9.96. The average Bonchev–Trinajstić information content (AvgIpc) is 2.02. The molecular weight excluding hydrogens is 172 g/mol. The highest BCUT2D eigenvalue weighted by atomic mass is 16.3. The fourth-order valence-corrected chi connectivity index (χ4v) is 1.37. The van der Waals surface area contributed by atoms with E-state index in [1.807, 2.05) is 13.8 Å². The molecule has 0 saturated carbocycles. The van der Waals surface area contributed by atoms with E-state index in [9.17, 15) is 5.11 Å². The van der Waals surface area contributed by atoms with E-state index in [4.69, 9.17) is 0 Å². The van der Waals surface area contributed by atoms with Gasteiger partial charge in [-0.3, -0.25) is 0 Å². The van der Waals surface area contributed by atoms with Crippen LogP contribution in [-0.4, -0.2) is 11.2 Å². The predicted molar refractivity (Wildman–Crippen MR) is 63.2 cm³/mol. The Morgan fingerprint density at radius 2 is 1.86 bits per heavy atom. The lowest BCUT2D eigenvalue weighted by atomic mass is 9.89. The molecule has 14 heavy (non-hydrogen) atoms. The van der Waals surface area contributed by atoms with E-state index < -0.39 is 0 Å². The van der Waals surface area contributed by atoms with Crippen molar-refractivity contribution in [3.63, 3.8) is 0 Å². The van der Waals surface area contributed by atoms with Crippen molar-refractivity contribution < 1.29 is 5.11 Å². The number of aliphatic hydroxyl groups is 1. The van der Waals surface area contributed by atoms with Crippen LogP contribution >= 0.6 is 0 Å². The molecule has 0 radical (unpaired) electrons. The van der Waals surface area contributed by atoms with E-state index >= 15 is 0 Å². The highest BCUT2D eigenvalue weighted by Crippen LogP contribution is 2.20. The van der Waals surface area contributed by atoms with E-state index in [-0.39, 0.29) is 6.10 Å². The summed E-state index contributed by atoms with van der Waals surface area (Å²) < 4.78 is 0. The zero-order valence-electron chi connectivity index (χ0n) is 9.96. The molecule has 0 aliphatic rings. The molecule has 0 aliphatic heterocycles. The van der Waals surface area contributed by atoms with Gasteiger partial charge in [-0.15, -0.1) is 0 Å². The van der Waals surface area contributed by atoms with Crippen LogP contribution in [0.5, 0.6) is 0 Å². The minimum absolute atomic E-state index is 0.186. The van der Waals surface area contributed by atoms with Crippen LogP contribution in [0.4, 0.5) is 0 Å². The van der Waals surface area contributed by atoms with Gasteiger partial charge in [-0.05, 0) is 38.5 Å². The van der Waals surface area contributed by atoms with Crippen molar-refractivity contribution in [2.24, 2.45) is 11.8 Å². The molecule has 0 saturated heterocycles. The van der Waals surface area contributed by atoms with Gasteiger partial charge in [0.15, 0.2) is 0 Å². The maximum Gasteiger partial charge on any atom is 0.0512 e. The van der Waals surface area contributed by atoms with Crippen LogP contribution in [0.25, 0.3) is 0 Å². The molecular formula is C13H24O. The quantitative estimate of drug-likeness (QED) is 0.644. The van der Waals surface area contributed by atoms with Crippen LogP contribution < -0.4 is 0 Å². The largest absolute Gasteiger partial charge is 0.393 e. The Balaban J connectivity index is 4.09. The smallest absolute Gasteiger partial charge is 0.0512 e. The normalized spacial score (nSPS) is 16.1. The van der Waals surface area contributed by atoms with Crippen LogP contribution in [-0.2, 0) is 0 Å². The zero-order chi connectivity index (χ0) is 11.1. The van der Waals surface area contributed by atoms with Crippen molar-refractivity contribution in [2.75, 3.05) is 0 Å². The van der Waals surface area contributed by atoms with E-state index in [0.717, 1.165) is 18.4 Å². The summed E-state index contributed by atoms with van der Waals surface area (Å²) in [5, 5.41) is 9.22. The molecule has 0 aromatic heterocycles. The van der Waals surface area contributed by atoms with Crippen LogP contribution in [0.1, 0.15) is 40.5 Å². The van der Waals surface area contributed by atoms with Gasteiger partial charge in [-0.2, -0.15) is 0 Å². The third-order valence-corrected chi connectivity index (χ3v) is 2.40. The minimum atomic E-state index is -0.186. The van der Waals surface area contributed by atoms with Crippen LogP contribution in [0, 0.1) is 11.8 Å². The third kappa shape index (κ3) is 6.90. The number of hydrogen-bond donors (Lipinski definition) is 1. The van der Waals surface area contributed by atoms with Gasteiger partial charge < -0.3 is 5.11 Å². The van der Waals surface area contributed by atoms with Crippen molar-refractivity contribution >= 4 is 0 Å². The lowest BCUT2D eigenvalue weighted by molar-refractivity contribution is 0.172. The summed E-state index contributed by atoms with van der Waals surface area (Å²) in [4.78, 5) is 0. The number of hydrogen-bond acceptors (Lipinski definition) is 1. The van der Waals surface area contributed by atoms with Crippen molar-refractivity contribution in [3.05, 3.63) is 24.3 Å². The predicted octanol–water partition coefficient (Wildman–Crippen LogP) is 3.55. The van der Waals surface area contributed by atoms with Gasteiger partial charge in [-0.25, -0.2) is 0 Å². The molecule has 1 nitrogen and oxygen atoms in total. The summed E-state index contributed by atoms with van der Waals surface area (Å²) in [5.41, 5.74) is 1.09. The second-order valence-corrected chi connectivity index (χ2v) is 4.54. The van der Waals surface area contributed by atoms with Gasteiger partial charge in [-0.1, -0.05) is 38.2 Å².